The summed E-state index contributed by atoms with van der Waals surface area (Å²) in [6.07, 6.45) is 2.37. The second-order valence-electron chi connectivity index (χ2n) is 3.67. The van der Waals surface area contributed by atoms with Crippen molar-refractivity contribution in [3.8, 4) is 0 Å². The molecular formula is C12H17FO. The smallest absolute Gasteiger partial charge is 0.126 e. The molecule has 0 aliphatic carbocycles. The molecule has 0 bridgehead atoms. The highest BCUT2D eigenvalue weighted by molar-refractivity contribution is 5.25. The minimum Gasteiger partial charge on any atom is -0.388 e. The van der Waals surface area contributed by atoms with Gasteiger partial charge in [-0.3, -0.25) is 0 Å². The highest BCUT2D eigenvalue weighted by atomic mass is 19.1. The van der Waals surface area contributed by atoms with Crippen molar-refractivity contribution >= 4 is 0 Å². The fraction of sp³-hybridized carbons (Fsp3) is 0.500. The fourth-order valence-electron chi connectivity index (χ4n) is 1.44. The summed E-state index contributed by atoms with van der Waals surface area (Å²) in [5, 5.41) is 9.74. The zero-order valence-corrected chi connectivity index (χ0v) is 8.76. The van der Waals surface area contributed by atoms with Gasteiger partial charge in [-0.05, 0) is 30.5 Å². The van der Waals surface area contributed by atoms with Gasteiger partial charge in [0.15, 0.2) is 0 Å². The van der Waals surface area contributed by atoms with Crippen molar-refractivity contribution in [2.24, 2.45) is 0 Å². The molecule has 1 rings (SSSR count). The van der Waals surface area contributed by atoms with Crippen molar-refractivity contribution < 1.29 is 9.50 Å². The summed E-state index contributed by atoms with van der Waals surface area (Å²) in [6, 6.07) is 4.79. The van der Waals surface area contributed by atoms with E-state index >= 15 is 0 Å². The molecule has 14 heavy (non-hydrogen) atoms. The lowest BCUT2D eigenvalue weighted by Crippen LogP contribution is -1.98. The first-order valence-electron chi connectivity index (χ1n) is 5.09. The Labute approximate surface area is 84.6 Å². The minimum absolute atomic E-state index is 0.212. The second-order valence-corrected chi connectivity index (χ2v) is 3.67. The van der Waals surface area contributed by atoms with Crippen molar-refractivity contribution in [3.05, 3.63) is 35.1 Å². The number of rotatable bonds is 4. The molecule has 1 unspecified atom stereocenters. The van der Waals surface area contributed by atoms with E-state index in [1.54, 1.807) is 19.1 Å². The summed E-state index contributed by atoms with van der Waals surface area (Å²) in [4.78, 5) is 0. The standard InChI is InChI=1S/C12H17FO/c1-3-4-5-12(14)10-6-7-11(13)9(2)8-10/h6-8,12,14H,3-5H2,1-2H3. The van der Waals surface area contributed by atoms with Gasteiger partial charge in [0.1, 0.15) is 5.82 Å². The van der Waals surface area contributed by atoms with Crippen LogP contribution in [0.4, 0.5) is 4.39 Å². The van der Waals surface area contributed by atoms with E-state index < -0.39 is 6.10 Å². The highest BCUT2D eigenvalue weighted by Gasteiger charge is 2.08. The number of hydrogen-bond donors (Lipinski definition) is 1. The van der Waals surface area contributed by atoms with Gasteiger partial charge in [-0.2, -0.15) is 0 Å². The lowest BCUT2D eigenvalue weighted by molar-refractivity contribution is 0.164. The number of unbranched alkanes of at least 4 members (excludes halogenated alkanes) is 1. The van der Waals surface area contributed by atoms with E-state index in [4.69, 9.17) is 0 Å². The maximum absolute atomic E-state index is 12.9. The molecule has 78 valence electrons. The first-order valence-corrected chi connectivity index (χ1v) is 5.09. The van der Waals surface area contributed by atoms with E-state index in [1.165, 1.54) is 6.07 Å². The molecule has 1 nitrogen and oxygen atoms in total. The van der Waals surface area contributed by atoms with E-state index in [9.17, 15) is 9.50 Å². The number of halogens is 1. The number of aliphatic hydroxyl groups excluding tert-OH is 1. The average Bonchev–Trinajstić information content (AvgIpc) is 2.18. The van der Waals surface area contributed by atoms with Crippen molar-refractivity contribution in [1.29, 1.82) is 0 Å². The van der Waals surface area contributed by atoms with Gasteiger partial charge in [0.2, 0.25) is 0 Å². The normalized spacial score (nSPS) is 12.9. The predicted molar refractivity (Wildman–Crippen MR) is 55.6 cm³/mol. The molecule has 0 spiro atoms. The Morgan fingerprint density at radius 3 is 2.71 bits per heavy atom. The van der Waals surface area contributed by atoms with Gasteiger partial charge < -0.3 is 5.11 Å². The maximum atomic E-state index is 12.9. The number of benzene rings is 1. The molecule has 1 atom stereocenters. The first kappa shape index (κ1) is 11.2. The molecule has 0 aromatic heterocycles. The molecule has 0 heterocycles. The van der Waals surface area contributed by atoms with Crippen molar-refractivity contribution in [2.45, 2.75) is 39.2 Å². The summed E-state index contributed by atoms with van der Waals surface area (Å²) >= 11 is 0. The third-order valence-corrected chi connectivity index (χ3v) is 2.40. The molecule has 0 radical (unpaired) electrons. The Balaban J connectivity index is 2.70. The number of aryl methyl sites for hydroxylation is 1. The van der Waals surface area contributed by atoms with E-state index in [-0.39, 0.29) is 5.82 Å². The van der Waals surface area contributed by atoms with E-state index in [0.29, 0.717) is 5.56 Å². The largest absolute Gasteiger partial charge is 0.388 e. The molecule has 2 heteroatoms. The molecule has 1 aromatic carbocycles. The molecule has 0 saturated heterocycles. The van der Waals surface area contributed by atoms with E-state index in [2.05, 4.69) is 6.92 Å². The highest BCUT2D eigenvalue weighted by Crippen LogP contribution is 2.21. The average molecular weight is 196 g/mol. The Morgan fingerprint density at radius 1 is 1.43 bits per heavy atom. The van der Waals surface area contributed by atoms with Gasteiger partial charge in [-0.25, -0.2) is 4.39 Å². The molecule has 1 N–H and O–H groups in total. The summed E-state index contributed by atoms with van der Waals surface area (Å²) in [5.41, 5.74) is 1.41. The topological polar surface area (TPSA) is 20.2 Å². The third-order valence-electron chi connectivity index (χ3n) is 2.40. The minimum atomic E-state index is -0.450. The van der Waals surface area contributed by atoms with Crippen LogP contribution in [0.5, 0.6) is 0 Å². The molecule has 0 fully saturated rings. The van der Waals surface area contributed by atoms with Crippen LogP contribution in [0.15, 0.2) is 18.2 Å². The monoisotopic (exact) mass is 196 g/mol. The first-order chi connectivity index (χ1) is 6.65. The van der Waals surface area contributed by atoms with Crippen LogP contribution < -0.4 is 0 Å². The van der Waals surface area contributed by atoms with Gasteiger partial charge in [0, 0.05) is 0 Å². The molecule has 0 saturated carbocycles. The Morgan fingerprint density at radius 2 is 2.14 bits per heavy atom. The number of aliphatic hydroxyl groups is 1. The number of hydrogen-bond acceptors (Lipinski definition) is 1. The molecular weight excluding hydrogens is 179 g/mol. The van der Waals surface area contributed by atoms with Gasteiger partial charge in [0.05, 0.1) is 6.10 Å². The summed E-state index contributed by atoms with van der Waals surface area (Å²) in [7, 11) is 0. The van der Waals surface area contributed by atoms with Crippen LogP contribution >= 0.6 is 0 Å². The maximum Gasteiger partial charge on any atom is 0.126 e. The van der Waals surface area contributed by atoms with Gasteiger partial charge in [-0.15, -0.1) is 0 Å². The summed E-state index contributed by atoms with van der Waals surface area (Å²) < 4.78 is 12.9. The Bertz CT molecular complexity index is 296. The quantitative estimate of drug-likeness (QED) is 0.782. The Hall–Kier alpha value is -0.890. The SMILES string of the molecule is CCCCC(O)c1ccc(F)c(C)c1. The van der Waals surface area contributed by atoms with Crippen LogP contribution in [0.1, 0.15) is 43.4 Å². The summed E-state index contributed by atoms with van der Waals surface area (Å²) in [5.74, 6) is -0.212. The van der Waals surface area contributed by atoms with E-state index in [0.717, 1.165) is 24.8 Å². The van der Waals surface area contributed by atoms with Crippen LogP contribution in [-0.4, -0.2) is 5.11 Å². The van der Waals surface area contributed by atoms with Crippen LogP contribution in [-0.2, 0) is 0 Å². The lowest BCUT2D eigenvalue weighted by Gasteiger charge is -2.11. The van der Waals surface area contributed by atoms with Crippen LogP contribution in [0, 0.1) is 12.7 Å². The predicted octanol–water partition coefficient (Wildman–Crippen LogP) is 3.36. The van der Waals surface area contributed by atoms with Gasteiger partial charge in [0.25, 0.3) is 0 Å². The van der Waals surface area contributed by atoms with E-state index in [1.807, 2.05) is 0 Å². The second kappa shape index (κ2) is 5.11. The van der Waals surface area contributed by atoms with Crippen LogP contribution in [0.2, 0.25) is 0 Å². The van der Waals surface area contributed by atoms with Crippen molar-refractivity contribution in [3.63, 3.8) is 0 Å². The van der Waals surface area contributed by atoms with Gasteiger partial charge in [-0.1, -0.05) is 31.9 Å². The molecule has 1 aromatic rings. The lowest BCUT2D eigenvalue weighted by atomic mass is 10.0. The fourth-order valence-corrected chi connectivity index (χ4v) is 1.44. The van der Waals surface area contributed by atoms with Crippen molar-refractivity contribution in [2.75, 3.05) is 0 Å². The molecule has 0 aliphatic rings. The summed E-state index contributed by atoms with van der Waals surface area (Å²) in [6.45, 7) is 3.80. The zero-order chi connectivity index (χ0) is 10.6. The zero-order valence-electron chi connectivity index (χ0n) is 8.76. The van der Waals surface area contributed by atoms with Crippen LogP contribution in [0.3, 0.4) is 0 Å². The Kier molecular flexibility index (Phi) is 4.08. The molecule has 0 amide bonds. The van der Waals surface area contributed by atoms with Gasteiger partial charge >= 0.3 is 0 Å². The third kappa shape index (κ3) is 2.81. The molecule has 0 aliphatic heterocycles. The van der Waals surface area contributed by atoms with Crippen LogP contribution in [0.25, 0.3) is 0 Å². The van der Waals surface area contributed by atoms with Crippen molar-refractivity contribution in [1.82, 2.24) is 0 Å².